The first-order valence-corrected chi connectivity index (χ1v) is 7.81. The Bertz CT molecular complexity index is 962. The number of aromatic nitrogens is 2. The molecule has 1 aromatic heterocycles. The van der Waals surface area contributed by atoms with E-state index in [0.717, 1.165) is 22.4 Å². The van der Waals surface area contributed by atoms with Gasteiger partial charge in [-0.15, -0.1) is 0 Å². The summed E-state index contributed by atoms with van der Waals surface area (Å²) in [6.07, 6.45) is 3.42. The number of carbonyl (C=O) groups is 1. The second-order valence-corrected chi connectivity index (χ2v) is 5.86. The lowest BCUT2D eigenvalue weighted by molar-refractivity contribution is 0.0697. The molecule has 0 aliphatic heterocycles. The van der Waals surface area contributed by atoms with Gasteiger partial charge < -0.3 is 10.8 Å². The molecule has 0 radical (unpaired) electrons. The maximum Gasteiger partial charge on any atom is 0.337 e. The van der Waals surface area contributed by atoms with Crippen LogP contribution in [0.5, 0.6) is 0 Å². The number of halogens is 1. The topological polar surface area (TPSA) is 93.5 Å². The average molecular weight is 355 g/mol. The molecule has 0 amide bonds. The molecule has 0 spiro atoms. The van der Waals surface area contributed by atoms with E-state index in [4.69, 9.17) is 22.4 Å². The van der Waals surface area contributed by atoms with Crippen molar-refractivity contribution < 1.29 is 9.90 Å². The Balaban J connectivity index is 1.81. The van der Waals surface area contributed by atoms with Crippen LogP contribution in [-0.2, 0) is 0 Å². The number of carboxylic acid groups (broad SMARTS) is 1. The van der Waals surface area contributed by atoms with Crippen LogP contribution in [0.4, 0.5) is 5.95 Å². The SMILES string of the molecule is Cc1cn(N=Cc2ccc(-c3ccc(C(=O)O)c(Cl)c3)cc2)c(N)n1. The van der Waals surface area contributed by atoms with Crippen LogP contribution in [0.15, 0.2) is 53.8 Å². The summed E-state index contributed by atoms with van der Waals surface area (Å²) < 4.78 is 1.51. The Kier molecular flexibility index (Phi) is 4.54. The lowest BCUT2D eigenvalue weighted by Gasteiger charge is -2.05. The number of aryl methyl sites for hydroxylation is 1. The molecule has 0 aliphatic rings. The van der Waals surface area contributed by atoms with Crippen molar-refractivity contribution in [1.29, 1.82) is 0 Å². The van der Waals surface area contributed by atoms with Crippen molar-refractivity contribution in [3.05, 3.63) is 70.5 Å². The molecule has 3 rings (SSSR count). The van der Waals surface area contributed by atoms with Crippen LogP contribution in [0.25, 0.3) is 11.1 Å². The number of anilines is 1. The first-order chi connectivity index (χ1) is 11.9. The van der Waals surface area contributed by atoms with Crippen molar-refractivity contribution in [3.8, 4) is 11.1 Å². The Labute approximate surface area is 149 Å². The number of nitrogens with zero attached hydrogens (tertiary/aromatic N) is 3. The smallest absolute Gasteiger partial charge is 0.337 e. The third kappa shape index (κ3) is 3.70. The van der Waals surface area contributed by atoms with E-state index in [9.17, 15) is 4.79 Å². The highest BCUT2D eigenvalue weighted by molar-refractivity contribution is 6.33. The molecule has 126 valence electrons. The molecular formula is C18H15ClN4O2. The van der Waals surface area contributed by atoms with E-state index in [1.165, 1.54) is 10.7 Å². The van der Waals surface area contributed by atoms with Crippen LogP contribution in [0.2, 0.25) is 5.02 Å². The van der Waals surface area contributed by atoms with Gasteiger partial charge in [0.2, 0.25) is 5.95 Å². The lowest BCUT2D eigenvalue weighted by atomic mass is 10.0. The van der Waals surface area contributed by atoms with E-state index in [-0.39, 0.29) is 10.6 Å². The molecule has 1 heterocycles. The highest BCUT2D eigenvalue weighted by atomic mass is 35.5. The minimum absolute atomic E-state index is 0.0855. The van der Waals surface area contributed by atoms with Crippen molar-refractivity contribution in [1.82, 2.24) is 9.66 Å². The van der Waals surface area contributed by atoms with Gasteiger partial charge in [-0.05, 0) is 35.7 Å². The van der Waals surface area contributed by atoms with Crippen LogP contribution in [-0.4, -0.2) is 27.0 Å². The maximum absolute atomic E-state index is 11.0. The zero-order chi connectivity index (χ0) is 18.0. The number of nitrogens with two attached hydrogens (primary N) is 1. The number of aromatic carboxylic acids is 1. The normalized spacial score (nSPS) is 11.1. The number of nitrogen functional groups attached to an aromatic ring is 1. The summed E-state index contributed by atoms with van der Waals surface area (Å²) in [6, 6.07) is 12.5. The Morgan fingerprint density at radius 2 is 1.92 bits per heavy atom. The number of rotatable bonds is 4. The van der Waals surface area contributed by atoms with Gasteiger partial charge in [0.1, 0.15) is 0 Å². The van der Waals surface area contributed by atoms with E-state index in [1.54, 1.807) is 24.5 Å². The number of benzene rings is 2. The largest absolute Gasteiger partial charge is 0.478 e. The fraction of sp³-hybridized carbons (Fsp3) is 0.0556. The third-order valence-electron chi connectivity index (χ3n) is 3.61. The quantitative estimate of drug-likeness (QED) is 0.699. The molecule has 25 heavy (non-hydrogen) atoms. The van der Waals surface area contributed by atoms with Crippen molar-refractivity contribution in [2.24, 2.45) is 5.10 Å². The standard InChI is InChI=1S/C18H15ClN4O2/c1-11-10-23(18(20)22-11)21-9-12-2-4-13(5-3-12)14-6-7-15(17(24)25)16(19)8-14/h2-10H,1H3,(H2,20,22)(H,24,25). The summed E-state index contributed by atoms with van der Waals surface area (Å²) in [7, 11) is 0. The summed E-state index contributed by atoms with van der Waals surface area (Å²) in [5.41, 5.74) is 9.28. The molecule has 0 atom stereocenters. The van der Waals surface area contributed by atoms with Gasteiger partial charge in [0.15, 0.2) is 0 Å². The van der Waals surface area contributed by atoms with Crippen LogP contribution >= 0.6 is 11.6 Å². The highest BCUT2D eigenvalue weighted by Gasteiger charge is 2.09. The van der Waals surface area contributed by atoms with Gasteiger partial charge in [0.25, 0.3) is 0 Å². The Hall–Kier alpha value is -3.12. The molecule has 0 saturated carbocycles. The molecule has 6 nitrogen and oxygen atoms in total. The van der Waals surface area contributed by atoms with Crippen molar-refractivity contribution in [2.75, 3.05) is 5.73 Å². The minimum atomic E-state index is -1.04. The van der Waals surface area contributed by atoms with Crippen molar-refractivity contribution in [3.63, 3.8) is 0 Å². The second kappa shape index (κ2) is 6.78. The Morgan fingerprint density at radius 3 is 2.48 bits per heavy atom. The highest BCUT2D eigenvalue weighted by Crippen LogP contribution is 2.26. The summed E-state index contributed by atoms with van der Waals surface area (Å²) in [5.74, 6) is -0.712. The fourth-order valence-corrected chi connectivity index (χ4v) is 2.62. The predicted molar refractivity (Wildman–Crippen MR) is 98.2 cm³/mol. The lowest BCUT2D eigenvalue weighted by Crippen LogP contribution is -1.97. The summed E-state index contributed by atoms with van der Waals surface area (Å²) in [5, 5.41) is 13.5. The monoisotopic (exact) mass is 354 g/mol. The molecular weight excluding hydrogens is 340 g/mol. The van der Waals surface area contributed by atoms with Crippen LogP contribution in [0, 0.1) is 6.92 Å². The molecule has 3 N–H and O–H groups in total. The average Bonchev–Trinajstić information content (AvgIpc) is 2.90. The number of hydrogen-bond acceptors (Lipinski definition) is 4. The maximum atomic E-state index is 11.0. The van der Waals surface area contributed by atoms with Gasteiger partial charge in [-0.2, -0.15) is 5.10 Å². The van der Waals surface area contributed by atoms with Gasteiger partial charge in [-0.25, -0.2) is 14.5 Å². The Morgan fingerprint density at radius 1 is 1.24 bits per heavy atom. The van der Waals surface area contributed by atoms with Gasteiger partial charge in [0.05, 0.1) is 28.7 Å². The van der Waals surface area contributed by atoms with Crippen molar-refractivity contribution >= 4 is 29.7 Å². The number of imidazole rings is 1. The zero-order valence-corrected chi connectivity index (χ0v) is 14.1. The van der Waals surface area contributed by atoms with Gasteiger partial charge in [-0.3, -0.25) is 0 Å². The molecule has 0 bridgehead atoms. The third-order valence-corrected chi connectivity index (χ3v) is 3.92. The molecule has 2 aromatic carbocycles. The number of hydrogen-bond donors (Lipinski definition) is 2. The van der Waals surface area contributed by atoms with Gasteiger partial charge in [-0.1, -0.05) is 41.9 Å². The molecule has 0 saturated heterocycles. The van der Waals surface area contributed by atoms with E-state index in [2.05, 4.69) is 10.1 Å². The summed E-state index contributed by atoms with van der Waals surface area (Å²) in [4.78, 5) is 15.1. The van der Waals surface area contributed by atoms with Gasteiger partial charge in [0, 0.05) is 0 Å². The van der Waals surface area contributed by atoms with E-state index >= 15 is 0 Å². The van der Waals surface area contributed by atoms with Crippen molar-refractivity contribution in [2.45, 2.75) is 6.92 Å². The van der Waals surface area contributed by atoms with Gasteiger partial charge >= 0.3 is 5.97 Å². The second-order valence-electron chi connectivity index (χ2n) is 5.45. The van der Waals surface area contributed by atoms with Crippen LogP contribution < -0.4 is 5.73 Å². The number of carboxylic acids is 1. The molecule has 0 fully saturated rings. The van der Waals surface area contributed by atoms with Crippen LogP contribution in [0.1, 0.15) is 21.6 Å². The zero-order valence-electron chi connectivity index (χ0n) is 13.3. The van der Waals surface area contributed by atoms with E-state index < -0.39 is 5.97 Å². The molecule has 0 unspecified atom stereocenters. The van der Waals surface area contributed by atoms with Crippen LogP contribution in [0.3, 0.4) is 0 Å². The molecule has 3 aromatic rings. The predicted octanol–water partition coefficient (Wildman–Crippen LogP) is 3.67. The first-order valence-electron chi connectivity index (χ1n) is 7.43. The molecule has 7 heteroatoms. The summed E-state index contributed by atoms with van der Waals surface area (Å²) in [6.45, 7) is 1.85. The first kappa shape index (κ1) is 16.7. The molecule has 0 aliphatic carbocycles. The minimum Gasteiger partial charge on any atom is -0.478 e. The van der Waals surface area contributed by atoms with E-state index in [1.807, 2.05) is 31.2 Å². The fourth-order valence-electron chi connectivity index (χ4n) is 2.35. The van der Waals surface area contributed by atoms with E-state index in [0.29, 0.717) is 5.95 Å². The summed E-state index contributed by atoms with van der Waals surface area (Å²) >= 11 is 6.02.